The number of rotatable bonds is 5. The van der Waals surface area contributed by atoms with E-state index in [9.17, 15) is 4.79 Å². The van der Waals surface area contributed by atoms with Gasteiger partial charge in [-0.1, -0.05) is 18.2 Å². The van der Waals surface area contributed by atoms with Crippen molar-refractivity contribution < 1.29 is 14.3 Å². The smallest absolute Gasteiger partial charge is 0.231 e. The van der Waals surface area contributed by atoms with Crippen LogP contribution in [0.5, 0.6) is 17.4 Å². The van der Waals surface area contributed by atoms with Crippen LogP contribution in [0.2, 0.25) is 0 Å². The minimum absolute atomic E-state index is 0.463. The van der Waals surface area contributed by atoms with E-state index in [1.807, 2.05) is 0 Å². The Labute approximate surface area is 173 Å². The number of aromatic nitrogens is 2. The van der Waals surface area contributed by atoms with Crippen LogP contribution in [-0.4, -0.2) is 23.4 Å². The standard InChI is InChI=1S/C23H20N2O3S/c1-13-5-7-17(9-14(13)2)20-15(3)29-23-21(20)22(24-12-25-23)28-18-8-6-16(11-26)10-19(18)27-4/h5-12H,1-4H3. The number of fused-ring (bicyclic) bond motifs is 1. The summed E-state index contributed by atoms with van der Waals surface area (Å²) < 4.78 is 11.6. The zero-order valence-electron chi connectivity index (χ0n) is 16.6. The van der Waals surface area contributed by atoms with Gasteiger partial charge in [-0.2, -0.15) is 0 Å². The summed E-state index contributed by atoms with van der Waals surface area (Å²) in [4.78, 5) is 21.9. The molecule has 0 unspecified atom stereocenters. The fourth-order valence-corrected chi connectivity index (χ4v) is 4.29. The van der Waals surface area contributed by atoms with Crippen LogP contribution >= 0.6 is 11.3 Å². The number of carbonyl (C=O) groups is 1. The van der Waals surface area contributed by atoms with Crippen LogP contribution in [-0.2, 0) is 0 Å². The maximum atomic E-state index is 11.1. The molecule has 0 saturated heterocycles. The Balaban J connectivity index is 1.88. The lowest BCUT2D eigenvalue weighted by Crippen LogP contribution is -1.95. The van der Waals surface area contributed by atoms with Gasteiger partial charge in [0.1, 0.15) is 17.4 Å². The zero-order valence-corrected chi connectivity index (χ0v) is 17.5. The Kier molecular flexibility index (Phi) is 5.03. The van der Waals surface area contributed by atoms with Gasteiger partial charge in [0, 0.05) is 16.0 Å². The van der Waals surface area contributed by atoms with E-state index in [-0.39, 0.29) is 0 Å². The van der Waals surface area contributed by atoms with Gasteiger partial charge in [-0.05, 0) is 55.7 Å². The van der Waals surface area contributed by atoms with E-state index >= 15 is 0 Å². The van der Waals surface area contributed by atoms with Crippen molar-refractivity contribution in [3.05, 3.63) is 64.3 Å². The van der Waals surface area contributed by atoms with E-state index in [4.69, 9.17) is 9.47 Å². The quantitative estimate of drug-likeness (QED) is 0.388. The molecule has 2 aromatic carbocycles. The van der Waals surface area contributed by atoms with Crippen LogP contribution < -0.4 is 9.47 Å². The number of ether oxygens (including phenoxy) is 2. The molecule has 0 aliphatic carbocycles. The summed E-state index contributed by atoms with van der Waals surface area (Å²) in [7, 11) is 1.54. The summed E-state index contributed by atoms with van der Waals surface area (Å²) in [6, 6.07) is 11.5. The third-order valence-corrected chi connectivity index (χ3v) is 5.97. The van der Waals surface area contributed by atoms with Crippen LogP contribution in [0.1, 0.15) is 26.4 Å². The SMILES string of the molecule is COc1cc(C=O)ccc1Oc1ncnc2sc(C)c(-c3ccc(C)c(C)c3)c12. The van der Waals surface area contributed by atoms with Crippen molar-refractivity contribution in [2.45, 2.75) is 20.8 Å². The van der Waals surface area contributed by atoms with E-state index in [1.54, 1.807) is 36.6 Å². The molecule has 2 heterocycles. The Morgan fingerprint density at radius 1 is 0.966 bits per heavy atom. The van der Waals surface area contributed by atoms with Crippen LogP contribution in [0.25, 0.3) is 21.3 Å². The third-order valence-electron chi connectivity index (χ3n) is 4.96. The third kappa shape index (κ3) is 3.47. The number of carbonyl (C=O) groups excluding carboxylic acids is 1. The molecule has 0 aliphatic heterocycles. The molecule has 6 heteroatoms. The van der Waals surface area contributed by atoms with Crippen molar-refractivity contribution in [3.63, 3.8) is 0 Å². The fraction of sp³-hybridized carbons (Fsp3) is 0.174. The summed E-state index contributed by atoms with van der Waals surface area (Å²) in [5, 5.41) is 0.875. The van der Waals surface area contributed by atoms with Gasteiger partial charge in [-0.25, -0.2) is 9.97 Å². The van der Waals surface area contributed by atoms with E-state index < -0.39 is 0 Å². The number of benzene rings is 2. The van der Waals surface area contributed by atoms with Crippen molar-refractivity contribution in [2.24, 2.45) is 0 Å². The van der Waals surface area contributed by atoms with Crippen LogP contribution in [0.3, 0.4) is 0 Å². The van der Waals surface area contributed by atoms with E-state index in [2.05, 4.69) is 48.9 Å². The molecule has 0 N–H and O–H groups in total. The minimum atomic E-state index is 0.463. The minimum Gasteiger partial charge on any atom is -0.493 e. The first kappa shape index (κ1) is 19.1. The second kappa shape index (κ2) is 7.64. The van der Waals surface area contributed by atoms with Crippen LogP contribution in [0, 0.1) is 20.8 Å². The molecule has 0 fully saturated rings. The van der Waals surface area contributed by atoms with Crippen molar-refractivity contribution in [3.8, 4) is 28.5 Å². The van der Waals surface area contributed by atoms with Gasteiger partial charge in [0.15, 0.2) is 11.5 Å². The zero-order chi connectivity index (χ0) is 20.5. The van der Waals surface area contributed by atoms with Crippen molar-refractivity contribution in [1.29, 1.82) is 0 Å². The largest absolute Gasteiger partial charge is 0.493 e. The molecule has 0 amide bonds. The number of thiophene rings is 1. The van der Waals surface area contributed by atoms with E-state index in [1.165, 1.54) is 17.5 Å². The lowest BCUT2D eigenvalue weighted by Gasteiger charge is -2.12. The average molecular weight is 404 g/mol. The molecule has 5 nitrogen and oxygen atoms in total. The molecule has 0 radical (unpaired) electrons. The molecule has 0 bridgehead atoms. The number of aldehydes is 1. The normalized spacial score (nSPS) is 10.9. The summed E-state index contributed by atoms with van der Waals surface area (Å²) >= 11 is 1.62. The average Bonchev–Trinajstić information content (AvgIpc) is 3.07. The predicted molar refractivity (Wildman–Crippen MR) is 116 cm³/mol. The molecule has 0 atom stereocenters. The molecular weight excluding hydrogens is 384 g/mol. The van der Waals surface area contributed by atoms with E-state index in [0.29, 0.717) is 22.9 Å². The number of hydrogen-bond acceptors (Lipinski definition) is 6. The monoisotopic (exact) mass is 404 g/mol. The summed E-state index contributed by atoms with van der Waals surface area (Å²) in [6.45, 7) is 6.29. The second-order valence-corrected chi connectivity index (χ2v) is 8.02. The molecule has 2 aromatic heterocycles. The summed E-state index contributed by atoms with van der Waals surface area (Å²) in [6.07, 6.45) is 2.28. The Morgan fingerprint density at radius 3 is 2.52 bits per heavy atom. The topological polar surface area (TPSA) is 61.3 Å². The number of nitrogens with zero attached hydrogens (tertiary/aromatic N) is 2. The van der Waals surface area contributed by atoms with Crippen molar-refractivity contribution in [2.75, 3.05) is 7.11 Å². The highest BCUT2D eigenvalue weighted by Crippen LogP contribution is 2.43. The molecule has 0 spiro atoms. The number of hydrogen-bond donors (Lipinski definition) is 0. The lowest BCUT2D eigenvalue weighted by molar-refractivity contribution is 0.112. The lowest BCUT2D eigenvalue weighted by atomic mass is 9.99. The van der Waals surface area contributed by atoms with Gasteiger partial charge in [0.2, 0.25) is 5.88 Å². The van der Waals surface area contributed by atoms with E-state index in [0.717, 1.165) is 32.5 Å². The Morgan fingerprint density at radius 2 is 1.79 bits per heavy atom. The summed E-state index contributed by atoms with van der Waals surface area (Å²) in [5.74, 6) is 1.43. The predicted octanol–water partition coefficient (Wildman–Crippen LogP) is 5.90. The highest BCUT2D eigenvalue weighted by Gasteiger charge is 2.19. The molecule has 0 saturated carbocycles. The first-order valence-electron chi connectivity index (χ1n) is 9.14. The maximum absolute atomic E-state index is 11.1. The highest BCUT2D eigenvalue weighted by atomic mass is 32.1. The fourth-order valence-electron chi connectivity index (χ4n) is 3.29. The molecule has 4 rings (SSSR count). The molecule has 0 aliphatic rings. The van der Waals surface area contributed by atoms with Crippen LogP contribution in [0.4, 0.5) is 0 Å². The van der Waals surface area contributed by atoms with Gasteiger partial charge < -0.3 is 9.47 Å². The molecule has 29 heavy (non-hydrogen) atoms. The molecular formula is C23H20N2O3S. The molecule has 4 aromatic rings. The first-order chi connectivity index (χ1) is 14.0. The van der Waals surface area contributed by atoms with Crippen molar-refractivity contribution >= 4 is 27.8 Å². The number of aryl methyl sites for hydroxylation is 3. The second-order valence-electron chi connectivity index (χ2n) is 6.82. The highest BCUT2D eigenvalue weighted by molar-refractivity contribution is 7.19. The van der Waals surface area contributed by atoms with Gasteiger partial charge >= 0.3 is 0 Å². The molecule has 146 valence electrons. The first-order valence-corrected chi connectivity index (χ1v) is 9.96. The van der Waals surface area contributed by atoms with Crippen molar-refractivity contribution in [1.82, 2.24) is 9.97 Å². The Bertz CT molecular complexity index is 1230. The van der Waals surface area contributed by atoms with Crippen LogP contribution in [0.15, 0.2) is 42.7 Å². The maximum Gasteiger partial charge on any atom is 0.231 e. The van der Waals surface area contributed by atoms with Gasteiger partial charge in [0.25, 0.3) is 0 Å². The van der Waals surface area contributed by atoms with Gasteiger partial charge in [-0.15, -0.1) is 11.3 Å². The van der Waals surface area contributed by atoms with Gasteiger partial charge in [-0.3, -0.25) is 4.79 Å². The van der Waals surface area contributed by atoms with Gasteiger partial charge in [0.05, 0.1) is 12.5 Å². The summed E-state index contributed by atoms with van der Waals surface area (Å²) in [5.41, 5.74) is 5.18. The Hall–Kier alpha value is -3.25. The number of methoxy groups -OCH3 is 1.